The van der Waals surface area contributed by atoms with E-state index in [0.717, 1.165) is 62.0 Å². The predicted molar refractivity (Wildman–Crippen MR) is 125 cm³/mol. The third-order valence-electron chi connectivity index (χ3n) is 6.74. The van der Waals surface area contributed by atoms with Gasteiger partial charge in [0.1, 0.15) is 5.41 Å². The lowest BCUT2D eigenvalue weighted by Crippen LogP contribution is -2.43. The van der Waals surface area contributed by atoms with Gasteiger partial charge in [-0.25, -0.2) is 0 Å². The second-order valence-electron chi connectivity index (χ2n) is 8.59. The van der Waals surface area contributed by atoms with Gasteiger partial charge in [0.15, 0.2) is 0 Å². The second kappa shape index (κ2) is 9.47. The summed E-state index contributed by atoms with van der Waals surface area (Å²) in [6, 6.07) is 33.0. The van der Waals surface area contributed by atoms with Crippen LogP contribution in [0.25, 0.3) is 0 Å². The molecule has 0 bridgehead atoms. The van der Waals surface area contributed by atoms with E-state index in [-0.39, 0.29) is 0 Å². The van der Waals surface area contributed by atoms with E-state index in [1.807, 2.05) is 66.7 Å². The standard InChI is InChI=1S/C28H30N2O/c29-23-27(24-11-4-1-5-12-24,25-13-6-2-7-14-25)17-10-20-30-21-18-28(31,19-22-30)26-15-8-3-9-16-26/h1-9,11-16,31H,10,17-22H2. The van der Waals surface area contributed by atoms with E-state index in [4.69, 9.17) is 0 Å². The van der Waals surface area contributed by atoms with Gasteiger partial charge < -0.3 is 10.0 Å². The van der Waals surface area contributed by atoms with Gasteiger partial charge in [-0.1, -0.05) is 91.0 Å². The van der Waals surface area contributed by atoms with Crippen LogP contribution in [-0.2, 0) is 11.0 Å². The van der Waals surface area contributed by atoms with Crippen LogP contribution >= 0.6 is 0 Å². The van der Waals surface area contributed by atoms with Crippen molar-refractivity contribution in [2.45, 2.75) is 36.7 Å². The van der Waals surface area contributed by atoms with Crippen molar-refractivity contribution in [3.05, 3.63) is 108 Å². The number of nitrogens with zero attached hydrogens (tertiary/aromatic N) is 2. The molecule has 1 N–H and O–H groups in total. The number of nitriles is 1. The fraction of sp³-hybridized carbons (Fsp3) is 0.321. The minimum absolute atomic E-state index is 0.636. The first-order chi connectivity index (χ1) is 15.2. The van der Waals surface area contributed by atoms with E-state index >= 15 is 0 Å². The molecule has 0 radical (unpaired) electrons. The van der Waals surface area contributed by atoms with Crippen LogP contribution in [0.5, 0.6) is 0 Å². The maximum atomic E-state index is 11.1. The first kappa shape index (κ1) is 21.3. The SMILES string of the molecule is N#CC(CCCN1CCC(O)(c2ccccc2)CC1)(c1ccccc1)c1ccccc1. The quantitative estimate of drug-likeness (QED) is 0.578. The van der Waals surface area contributed by atoms with Crippen LogP contribution in [0.3, 0.4) is 0 Å². The van der Waals surface area contributed by atoms with Crippen molar-refractivity contribution in [1.29, 1.82) is 5.26 Å². The van der Waals surface area contributed by atoms with Crippen LogP contribution in [0.2, 0.25) is 0 Å². The van der Waals surface area contributed by atoms with Gasteiger partial charge in [-0.15, -0.1) is 0 Å². The molecule has 0 aliphatic carbocycles. The number of aliphatic hydroxyl groups is 1. The van der Waals surface area contributed by atoms with E-state index < -0.39 is 11.0 Å². The predicted octanol–water partition coefficient (Wildman–Crippen LogP) is 5.26. The summed E-state index contributed by atoms with van der Waals surface area (Å²) in [5.74, 6) is 0. The van der Waals surface area contributed by atoms with Crippen LogP contribution in [0.1, 0.15) is 42.4 Å². The Bertz CT molecular complexity index is 948. The minimum Gasteiger partial charge on any atom is -0.385 e. The molecule has 158 valence electrons. The molecule has 3 nitrogen and oxygen atoms in total. The zero-order valence-electron chi connectivity index (χ0n) is 18.0. The van der Waals surface area contributed by atoms with Crippen molar-refractivity contribution in [3.63, 3.8) is 0 Å². The van der Waals surface area contributed by atoms with Gasteiger partial charge in [0.05, 0.1) is 11.7 Å². The highest BCUT2D eigenvalue weighted by molar-refractivity contribution is 5.45. The van der Waals surface area contributed by atoms with Crippen molar-refractivity contribution in [2.24, 2.45) is 0 Å². The van der Waals surface area contributed by atoms with Gasteiger partial charge in [-0.05, 0) is 48.9 Å². The molecule has 0 amide bonds. The first-order valence-electron chi connectivity index (χ1n) is 11.2. The molecule has 0 spiro atoms. The zero-order valence-corrected chi connectivity index (χ0v) is 18.0. The molecule has 0 aromatic heterocycles. The van der Waals surface area contributed by atoms with Crippen LogP contribution in [0, 0.1) is 11.3 Å². The van der Waals surface area contributed by atoms with Gasteiger partial charge in [0.2, 0.25) is 0 Å². The molecule has 31 heavy (non-hydrogen) atoms. The molecule has 0 saturated carbocycles. The van der Waals surface area contributed by atoms with Crippen LogP contribution in [0.4, 0.5) is 0 Å². The Hall–Kier alpha value is -2.93. The smallest absolute Gasteiger partial charge is 0.107 e. The molecule has 1 saturated heterocycles. The van der Waals surface area contributed by atoms with Gasteiger partial charge in [-0.3, -0.25) is 0 Å². The number of likely N-dealkylation sites (tertiary alicyclic amines) is 1. The maximum absolute atomic E-state index is 11.1. The van der Waals surface area contributed by atoms with Gasteiger partial charge in [0, 0.05) is 13.1 Å². The normalized spacial score (nSPS) is 16.5. The molecule has 3 aromatic carbocycles. The fourth-order valence-corrected chi connectivity index (χ4v) is 4.84. The number of hydrogen-bond donors (Lipinski definition) is 1. The third-order valence-corrected chi connectivity index (χ3v) is 6.74. The Labute approximate surface area is 185 Å². The topological polar surface area (TPSA) is 47.3 Å². The summed E-state index contributed by atoms with van der Waals surface area (Å²) in [5, 5.41) is 21.4. The highest BCUT2D eigenvalue weighted by atomic mass is 16.3. The van der Waals surface area contributed by atoms with Crippen LogP contribution in [-0.4, -0.2) is 29.6 Å². The highest BCUT2D eigenvalue weighted by Crippen LogP contribution is 2.37. The van der Waals surface area contributed by atoms with E-state index in [9.17, 15) is 10.4 Å². The number of rotatable bonds is 7. The Morgan fingerprint density at radius 3 is 1.77 bits per heavy atom. The molecule has 3 heteroatoms. The fourth-order valence-electron chi connectivity index (χ4n) is 4.84. The van der Waals surface area contributed by atoms with Crippen LogP contribution in [0.15, 0.2) is 91.0 Å². The summed E-state index contributed by atoms with van der Waals surface area (Å²) in [4.78, 5) is 2.43. The lowest BCUT2D eigenvalue weighted by molar-refractivity contribution is -0.0262. The molecular formula is C28H30N2O. The minimum atomic E-state index is -0.720. The van der Waals surface area contributed by atoms with E-state index in [1.54, 1.807) is 0 Å². The maximum Gasteiger partial charge on any atom is 0.107 e. The van der Waals surface area contributed by atoms with Crippen molar-refractivity contribution in [1.82, 2.24) is 4.90 Å². The lowest BCUT2D eigenvalue weighted by atomic mass is 9.72. The summed E-state index contributed by atoms with van der Waals surface area (Å²) in [5.41, 5.74) is 1.78. The molecule has 1 heterocycles. The highest BCUT2D eigenvalue weighted by Gasteiger charge is 2.36. The molecule has 1 fully saturated rings. The summed E-state index contributed by atoms with van der Waals surface area (Å²) in [7, 11) is 0. The molecule has 1 aliphatic heterocycles. The Morgan fingerprint density at radius 1 is 0.806 bits per heavy atom. The molecule has 0 unspecified atom stereocenters. The molecule has 0 atom stereocenters. The first-order valence-corrected chi connectivity index (χ1v) is 11.2. The molecular weight excluding hydrogens is 380 g/mol. The monoisotopic (exact) mass is 410 g/mol. The molecule has 1 aliphatic rings. The summed E-state index contributed by atoms with van der Waals surface area (Å²) < 4.78 is 0. The summed E-state index contributed by atoms with van der Waals surface area (Å²) in [6.07, 6.45) is 3.20. The Morgan fingerprint density at radius 2 is 1.29 bits per heavy atom. The molecule has 4 rings (SSSR count). The number of piperidine rings is 1. The van der Waals surface area contributed by atoms with Gasteiger partial charge in [-0.2, -0.15) is 5.26 Å². The number of hydrogen-bond acceptors (Lipinski definition) is 3. The Balaban J connectivity index is 1.42. The second-order valence-corrected chi connectivity index (χ2v) is 8.59. The van der Waals surface area contributed by atoms with Crippen molar-refractivity contribution >= 4 is 0 Å². The summed E-state index contributed by atoms with van der Waals surface area (Å²) in [6.45, 7) is 2.69. The van der Waals surface area contributed by atoms with Crippen molar-refractivity contribution in [3.8, 4) is 6.07 Å². The summed E-state index contributed by atoms with van der Waals surface area (Å²) >= 11 is 0. The van der Waals surface area contributed by atoms with E-state index in [1.165, 1.54) is 0 Å². The van der Waals surface area contributed by atoms with Gasteiger partial charge in [0.25, 0.3) is 0 Å². The van der Waals surface area contributed by atoms with Crippen molar-refractivity contribution in [2.75, 3.05) is 19.6 Å². The van der Waals surface area contributed by atoms with E-state index in [2.05, 4.69) is 35.2 Å². The van der Waals surface area contributed by atoms with E-state index in [0.29, 0.717) is 0 Å². The average Bonchev–Trinajstić information content (AvgIpc) is 2.85. The van der Waals surface area contributed by atoms with Crippen LogP contribution < -0.4 is 0 Å². The Kier molecular flexibility index (Phi) is 6.51. The largest absolute Gasteiger partial charge is 0.385 e. The third kappa shape index (κ3) is 4.56. The number of benzene rings is 3. The average molecular weight is 411 g/mol. The van der Waals surface area contributed by atoms with Gasteiger partial charge >= 0.3 is 0 Å². The molecule has 3 aromatic rings. The zero-order chi connectivity index (χ0) is 21.6. The lowest BCUT2D eigenvalue weighted by Gasteiger charge is -2.39. The van der Waals surface area contributed by atoms with Crippen molar-refractivity contribution < 1.29 is 5.11 Å².